The lowest BCUT2D eigenvalue weighted by Crippen LogP contribution is -2.28. The monoisotopic (exact) mass is 322 g/mol. The predicted molar refractivity (Wildman–Crippen MR) is 92.3 cm³/mol. The third kappa shape index (κ3) is 2.58. The second-order valence-corrected chi connectivity index (χ2v) is 6.45. The molecule has 1 heterocycles. The average Bonchev–Trinajstić information content (AvgIpc) is 3.10. The number of hydrogen-bond donors (Lipinski definition) is 2. The molecule has 1 unspecified atom stereocenters. The number of carbonyl (C=O) groups is 1. The fourth-order valence-corrected chi connectivity index (χ4v) is 3.70. The molecule has 3 aromatic rings. The Bertz CT molecular complexity index is 929. The van der Waals surface area contributed by atoms with E-state index in [2.05, 4.69) is 22.4 Å². The maximum absolute atomic E-state index is 13.5. The molecule has 0 spiro atoms. The van der Waals surface area contributed by atoms with Crippen LogP contribution in [0.15, 0.2) is 42.5 Å². The molecule has 0 fully saturated rings. The summed E-state index contributed by atoms with van der Waals surface area (Å²) in [6.07, 6.45) is 2.19. The van der Waals surface area contributed by atoms with E-state index in [9.17, 15) is 9.18 Å². The molecule has 3 nitrogen and oxygen atoms in total. The molecule has 0 bridgehead atoms. The molecule has 4 heteroatoms. The van der Waals surface area contributed by atoms with Crippen molar-refractivity contribution in [1.29, 1.82) is 0 Å². The Labute approximate surface area is 139 Å². The minimum Gasteiger partial charge on any atom is -0.358 e. The van der Waals surface area contributed by atoms with Gasteiger partial charge in [-0.1, -0.05) is 24.3 Å². The van der Waals surface area contributed by atoms with Gasteiger partial charge in [-0.2, -0.15) is 0 Å². The van der Waals surface area contributed by atoms with Crippen LogP contribution in [0.5, 0.6) is 0 Å². The van der Waals surface area contributed by atoms with E-state index in [4.69, 9.17) is 0 Å². The molecule has 0 saturated heterocycles. The zero-order valence-corrected chi connectivity index (χ0v) is 13.5. The number of rotatable bonds is 3. The molecule has 1 amide bonds. The van der Waals surface area contributed by atoms with Gasteiger partial charge in [-0.15, -0.1) is 0 Å². The van der Waals surface area contributed by atoms with Crippen LogP contribution in [0.3, 0.4) is 0 Å². The number of aromatic amines is 1. The van der Waals surface area contributed by atoms with Gasteiger partial charge in [-0.25, -0.2) is 4.39 Å². The Kier molecular flexibility index (Phi) is 3.60. The highest BCUT2D eigenvalue weighted by Crippen LogP contribution is 2.31. The van der Waals surface area contributed by atoms with Crippen molar-refractivity contribution in [3.8, 4) is 0 Å². The van der Waals surface area contributed by atoms with E-state index in [1.807, 2.05) is 19.1 Å². The lowest BCUT2D eigenvalue weighted by Gasteiger charge is -2.14. The quantitative estimate of drug-likeness (QED) is 0.753. The van der Waals surface area contributed by atoms with Crippen LogP contribution in [-0.2, 0) is 17.6 Å². The smallest absolute Gasteiger partial charge is 0.224 e. The largest absolute Gasteiger partial charge is 0.358 e. The van der Waals surface area contributed by atoms with E-state index in [1.165, 1.54) is 23.3 Å². The van der Waals surface area contributed by atoms with Gasteiger partial charge in [-0.3, -0.25) is 4.79 Å². The number of H-pyrrole nitrogens is 1. The molecule has 4 rings (SSSR count). The van der Waals surface area contributed by atoms with Gasteiger partial charge in [0.25, 0.3) is 0 Å². The molecule has 1 aromatic heterocycles. The highest BCUT2D eigenvalue weighted by atomic mass is 19.1. The Morgan fingerprint density at radius 1 is 1.29 bits per heavy atom. The van der Waals surface area contributed by atoms with Crippen LogP contribution < -0.4 is 5.32 Å². The summed E-state index contributed by atoms with van der Waals surface area (Å²) in [7, 11) is 0. The topological polar surface area (TPSA) is 44.9 Å². The average molecular weight is 322 g/mol. The third-order valence-corrected chi connectivity index (χ3v) is 4.89. The van der Waals surface area contributed by atoms with Crippen molar-refractivity contribution in [3.63, 3.8) is 0 Å². The molecule has 2 N–H and O–H groups in total. The number of nitrogens with one attached hydrogen (secondary N) is 2. The van der Waals surface area contributed by atoms with Crippen LogP contribution in [0, 0.1) is 12.7 Å². The van der Waals surface area contributed by atoms with Gasteiger partial charge in [0, 0.05) is 16.6 Å². The molecule has 0 radical (unpaired) electrons. The summed E-state index contributed by atoms with van der Waals surface area (Å²) in [6, 6.07) is 13.0. The van der Waals surface area contributed by atoms with Crippen LogP contribution in [0.4, 0.5) is 4.39 Å². The van der Waals surface area contributed by atoms with Gasteiger partial charge < -0.3 is 10.3 Å². The Balaban J connectivity index is 1.55. The molecule has 24 heavy (non-hydrogen) atoms. The van der Waals surface area contributed by atoms with E-state index in [-0.39, 0.29) is 24.2 Å². The van der Waals surface area contributed by atoms with Gasteiger partial charge in [0.05, 0.1) is 12.5 Å². The first-order chi connectivity index (χ1) is 11.6. The summed E-state index contributed by atoms with van der Waals surface area (Å²) < 4.78 is 13.5. The summed E-state index contributed by atoms with van der Waals surface area (Å²) in [5, 5.41) is 3.92. The molecule has 0 aliphatic heterocycles. The molecular weight excluding hydrogens is 303 g/mol. The molecular formula is C20H19FN2O. The number of fused-ring (bicyclic) bond motifs is 2. The minimum absolute atomic E-state index is 0.0232. The number of aryl methyl sites for hydroxylation is 2. The number of carbonyl (C=O) groups excluding carboxylic acids is 1. The third-order valence-electron chi connectivity index (χ3n) is 4.89. The first-order valence-electron chi connectivity index (χ1n) is 8.25. The van der Waals surface area contributed by atoms with Crippen LogP contribution in [-0.4, -0.2) is 10.9 Å². The summed E-state index contributed by atoms with van der Waals surface area (Å²) >= 11 is 0. The van der Waals surface area contributed by atoms with Gasteiger partial charge >= 0.3 is 0 Å². The highest BCUT2D eigenvalue weighted by Gasteiger charge is 2.24. The predicted octanol–water partition coefficient (Wildman–Crippen LogP) is 3.96. The van der Waals surface area contributed by atoms with Crippen molar-refractivity contribution >= 4 is 16.8 Å². The molecule has 1 aliphatic carbocycles. The second kappa shape index (κ2) is 5.78. The summed E-state index contributed by atoms with van der Waals surface area (Å²) in [5.74, 6) is -0.308. The van der Waals surface area contributed by atoms with Crippen molar-refractivity contribution < 1.29 is 9.18 Å². The maximum atomic E-state index is 13.5. The van der Waals surface area contributed by atoms with Crippen molar-refractivity contribution in [2.75, 3.05) is 0 Å². The molecule has 1 atom stereocenters. The van der Waals surface area contributed by atoms with E-state index in [1.54, 1.807) is 6.07 Å². The summed E-state index contributed by atoms with van der Waals surface area (Å²) in [5.41, 5.74) is 5.18. The summed E-state index contributed by atoms with van der Waals surface area (Å²) in [6.45, 7) is 1.92. The van der Waals surface area contributed by atoms with Crippen LogP contribution in [0.2, 0.25) is 0 Å². The van der Waals surface area contributed by atoms with Crippen molar-refractivity contribution in [1.82, 2.24) is 10.3 Å². The van der Waals surface area contributed by atoms with Gasteiger partial charge in [0.1, 0.15) is 5.82 Å². The maximum Gasteiger partial charge on any atom is 0.224 e. The highest BCUT2D eigenvalue weighted by molar-refractivity contribution is 5.90. The number of hydrogen-bond acceptors (Lipinski definition) is 1. The normalized spacial score (nSPS) is 16.3. The molecule has 1 aliphatic rings. The number of halogens is 1. The number of aromatic nitrogens is 1. The SMILES string of the molecule is Cc1[nH]c2ccc(F)cc2c1CC(=O)NC1CCc2ccccc21. The zero-order valence-electron chi connectivity index (χ0n) is 13.5. The standard InChI is InChI=1S/C20H19FN2O/c1-12-16(17-10-14(21)7-9-19(17)22-12)11-20(24)23-18-8-6-13-4-2-3-5-15(13)18/h2-5,7,9-10,18,22H,6,8,11H2,1H3,(H,23,24). The lowest BCUT2D eigenvalue weighted by atomic mass is 10.1. The zero-order chi connectivity index (χ0) is 16.7. The first kappa shape index (κ1) is 14.9. The Hall–Kier alpha value is -2.62. The van der Waals surface area contributed by atoms with E-state index < -0.39 is 0 Å². The van der Waals surface area contributed by atoms with Crippen molar-refractivity contribution in [2.45, 2.75) is 32.2 Å². The fourth-order valence-electron chi connectivity index (χ4n) is 3.70. The molecule has 122 valence electrons. The van der Waals surface area contributed by atoms with Gasteiger partial charge in [0.15, 0.2) is 0 Å². The molecule has 0 saturated carbocycles. The minimum atomic E-state index is -0.284. The van der Waals surface area contributed by atoms with Crippen LogP contribution in [0.25, 0.3) is 10.9 Å². The van der Waals surface area contributed by atoms with E-state index in [0.29, 0.717) is 0 Å². The van der Waals surface area contributed by atoms with Gasteiger partial charge in [0.2, 0.25) is 5.91 Å². The fraction of sp³-hybridized carbons (Fsp3) is 0.250. The molecule has 2 aromatic carbocycles. The second-order valence-electron chi connectivity index (χ2n) is 6.45. The van der Waals surface area contributed by atoms with E-state index in [0.717, 1.165) is 35.0 Å². The van der Waals surface area contributed by atoms with Gasteiger partial charge in [-0.05, 0) is 54.7 Å². The van der Waals surface area contributed by atoms with Crippen molar-refractivity contribution in [3.05, 3.63) is 70.7 Å². The van der Waals surface area contributed by atoms with E-state index >= 15 is 0 Å². The Morgan fingerprint density at radius 3 is 3.00 bits per heavy atom. The first-order valence-corrected chi connectivity index (χ1v) is 8.25. The Morgan fingerprint density at radius 2 is 2.12 bits per heavy atom. The summed E-state index contributed by atoms with van der Waals surface area (Å²) in [4.78, 5) is 15.8. The lowest BCUT2D eigenvalue weighted by molar-refractivity contribution is -0.121. The van der Waals surface area contributed by atoms with Crippen molar-refractivity contribution in [2.24, 2.45) is 0 Å². The number of amides is 1. The number of benzene rings is 2. The van der Waals surface area contributed by atoms with Crippen LogP contribution >= 0.6 is 0 Å². The van der Waals surface area contributed by atoms with Crippen LogP contribution in [0.1, 0.15) is 34.8 Å².